The van der Waals surface area contributed by atoms with Crippen molar-refractivity contribution in [2.75, 3.05) is 19.6 Å². The Labute approximate surface area is 166 Å². The third kappa shape index (κ3) is 6.14. The minimum Gasteiger partial charge on any atom is -0.356 e. The Morgan fingerprint density at radius 2 is 1.46 bits per heavy atom. The molecule has 0 bridgehead atoms. The highest BCUT2D eigenvalue weighted by molar-refractivity contribution is 7.89. The third-order valence-corrected chi connectivity index (χ3v) is 6.62. The van der Waals surface area contributed by atoms with E-state index in [2.05, 4.69) is 5.32 Å². The Morgan fingerprint density at radius 3 is 2.04 bits per heavy atom. The van der Waals surface area contributed by atoms with Crippen LogP contribution in [-0.2, 0) is 27.7 Å². The van der Waals surface area contributed by atoms with Gasteiger partial charge in [-0.15, -0.1) is 0 Å². The summed E-state index contributed by atoms with van der Waals surface area (Å²) in [5.74, 6) is -0.342. The summed E-state index contributed by atoms with van der Waals surface area (Å²) in [7, 11) is -3.46. The van der Waals surface area contributed by atoms with Crippen LogP contribution in [0.25, 0.3) is 0 Å². The molecule has 0 aliphatic rings. The number of carbonyl (C=O) groups excluding carboxylic acids is 1. The number of sulfonamides is 1. The van der Waals surface area contributed by atoms with E-state index >= 15 is 0 Å². The van der Waals surface area contributed by atoms with Gasteiger partial charge in [-0.2, -0.15) is 4.31 Å². The number of halogens is 1. The molecule has 0 heterocycles. The van der Waals surface area contributed by atoms with E-state index in [-0.39, 0.29) is 16.6 Å². The monoisotopic (exact) mass is 406 g/mol. The topological polar surface area (TPSA) is 66.5 Å². The quantitative estimate of drug-likeness (QED) is 0.659. The lowest BCUT2D eigenvalue weighted by Gasteiger charge is -2.18. The fourth-order valence-electron chi connectivity index (χ4n) is 2.88. The van der Waals surface area contributed by atoms with Crippen LogP contribution in [0, 0.1) is 5.82 Å². The van der Waals surface area contributed by atoms with Crippen LogP contribution in [0.15, 0.2) is 53.4 Å². The Kier molecular flexibility index (Phi) is 8.14. The van der Waals surface area contributed by atoms with E-state index in [4.69, 9.17) is 0 Å². The highest BCUT2D eigenvalue weighted by Crippen LogP contribution is 2.16. The standard InChI is InChI=1S/C21H27FN2O3S/c1-3-24(4-2)28(26,27)20-12-7-17(8-13-20)9-14-21(25)23-16-15-18-5-10-19(22)11-6-18/h5-8,10-13H,3-4,9,14-16H2,1-2H3,(H,23,25). The van der Waals surface area contributed by atoms with Crippen LogP contribution < -0.4 is 5.32 Å². The number of nitrogens with one attached hydrogen (secondary N) is 1. The Hall–Kier alpha value is -2.25. The predicted molar refractivity (Wildman–Crippen MR) is 108 cm³/mol. The van der Waals surface area contributed by atoms with Crippen molar-refractivity contribution in [1.29, 1.82) is 0 Å². The summed E-state index contributed by atoms with van der Waals surface area (Å²) in [6.07, 6.45) is 1.50. The summed E-state index contributed by atoms with van der Waals surface area (Å²) in [5.41, 5.74) is 1.87. The van der Waals surface area contributed by atoms with Gasteiger partial charge in [0.15, 0.2) is 0 Å². The van der Waals surface area contributed by atoms with E-state index in [1.807, 2.05) is 13.8 Å². The maximum Gasteiger partial charge on any atom is 0.243 e. The summed E-state index contributed by atoms with van der Waals surface area (Å²) in [5, 5.41) is 2.85. The number of nitrogens with zero attached hydrogens (tertiary/aromatic N) is 1. The molecule has 0 fully saturated rings. The molecule has 152 valence electrons. The third-order valence-electron chi connectivity index (χ3n) is 4.56. The average molecular weight is 407 g/mol. The Morgan fingerprint density at radius 1 is 0.929 bits per heavy atom. The van der Waals surface area contributed by atoms with Crippen molar-refractivity contribution in [1.82, 2.24) is 9.62 Å². The minimum absolute atomic E-state index is 0.0676. The van der Waals surface area contributed by atoms with Gasteiger partial charge in [0.05, 0.1) is 4.90 Å². The lowest BCUT2D eigenvalue weighted by molar-refractivity contribution is -0.121. The normalized spacial score (nSPS) is 11.6. The van der Waals surface area contributed by atoms with Crippen LogP contribution in [0.1, 0.15) is 31.4 Å². The van der Waals surface area contributed by atoms with Crippen molar-refractivity contribution in [3.8, 4) is 0 Å². The molecule has 28 heavy (non-hydrogen) atoms. The van der Waals surface area contributed by atoms with Crippen molar-refractivity contribution < 1.29 is 17.6 Å². The zero-order valence-corrected chi connectivity index (χ0v) is 17.1. The number of aryl methyl sites for hydroxylation is 1. The molecule has 2 aromatic carbocycles. The lowest BCUT2D eigenvalue weighted by Crippen LogP contribution is -2.30. The Balaban J connectivity index is 1.80. The maximum absolute atomic E-state index is 12.9. The van der Waals surface area contributed by atoms with Gasteiger partial charge < -0.3 is 5.32 Å². The van der Waals surface area contributed by atoms with E-state index in [1.54, 1.807) is 36.4 Å². The van der Waals surface area contributed by atoms with Crippen molar-refractivity contribution in [3.63, 3.8) is 0 Å². The minimum atomic E-state index is -3.46. The molecule has 0 aliphatic carbocycles. The smallest absolute Gasteiger partial charge is 0.243 e. The fourth-order valence-corrected chi connectivity index (χ4v) is 4.34. The molecule has 7 heteroatoms. The second kappa shape index (κ2) is 10.3. The van der Waals surface area contributed by atoms with Gasteiger partial charge >= 0.3 is 0 Å². The molecular weight excluding hydrogens is 379 g/mol. The molecule has 0 saturated carbocycles. The molecule has 0 atom stereocenters. The molecule has 2 aromatic rings. The maximum atomic E-state index is 12.9. The predicted octanol–water partition coefficient (Wildman–Crippen LogP) is 3.15. The first-order valence-corrected chi connectivity index (χ1v) is 10.9. The van der Waals surface area contributed by atoms with E-state index in [1.165, 1.54) is 16.4 Å². The molecule has 5 nitrogen and oxygen atoms in total. The Bertz CT molecular complexity index is 862. The highest BCUT2D eigenvalue weighted by Gasteiger charge is 2.21. The summed E-state index contributed by atoms with van der Waals surface area (Å²) >= 11 is 0. The van der Waals surface area contributed by atoms with Crippen molar-refractivity contribution in [2.24, 2.45) is 0 Å². The molecule has 1 amide bonds. The summed E-state index contributed by atoms with van der Waals surface area (Å²) in [6.45, 7) is 4.97. The molecule has 0 unspecified atom stereocenters. The van der Waals surface area contributed by atoms with Gasteiger partial charge in [-0.1, -0.05) is 38.1 Å². The molecule has 0 saturated heterocycles. The molecule has 2 rings (SSSR count). The zero-order valence-electron chi connectivity index (χ0n) is 16.3. The largest absolute Gasteiger partial charge is 0.356 e. The number of amides is 1. The molecule has 0 aromatic heterocycles. The number of hydrogen-bond donors (Lipinski definition) is 1. The van der Waals surface area contributed by atoms with Crippen LogP contribution in [0.4, 0.5) is 4.39 Å². The van der Waals surface area contributed by atoms with Crippen molar-refractivity contribution in [2.45, 2.75) is 38.0 Å². The first-order valence-electron chi connectivity index (χ1n) is 9.47. The summed E-state index contributed by atoms with van der Waals surface area (Å²) in [4.78, 5) is 12.2. The lowest BCUT2D eigenvalue weighted by atomic mass is 10.1. The zero-order chi connectivity index (χ0) is 20.6. The van der Waals surface area contributed by atoms with Crippen molar-refractivity contribution >= 4 is 15.9 Å². The fraction of sp³-hybridized carbons (Fsp3) is 0.381. The van der Waals surface area contributed by atoms with Crippen LogP contribution >= 0.6 is 0 Å². The van der Waals surface area contributed by atoms with E-state index in [0.717, 1.165) is 11.1 Å². The first-order chi connectivity index (χ1) is 13.4. The average Bonchev–Trinajstić information content (AvgIpc) is 2.69. The second-order valence-electron chi connectivity index (χ2n) is 6.46. The summed E-state index contributed by atoms with van der Waals surface area (Å²) in [6, 6.07) is 12.9. The molecule has 0 spiro atoms. The van der Waals surface area contributed by atoms with Crippen LogP contribution in [0.5, 0.6) is 0 Å². The van der Waals surface area contributed by atoms with Gasteiger partial charge in [0, 0.05) is 26.1 Å². The van der Waals surface area contributed by atoms with Gasteiger partial charge in [-0.3, -0.25) is 4.79 Å². The summed E-state index contributed by atoms with van der Waals surface area (Å²) < 4.78 is 39.2. The number of rotatable bonds is 10. The molecular formula is C21H27FN2O3S. The van der Waals surface area contributed by atoms with Gasteiger partial charge in [0.2, 0.25) is 15.9 Å². The van der Waals surface area contributed by atoms with Crippen LogP contribution in [0.3, 0.4) is 0 Å². The number of carbonyl (C=O) groups is 1. The highest BCUT2D eigenvalue weighted by atomic mass is 32.2. The van der Waals surface area contributed by atoms with Gasteiger partial charge in [-0.05, 0) is 48.2 Å². The second-order valence-corrected chi connectivity index (χ2v) is 8.40. The van der Waals surface area contributed by atoms with Gasteiger partial charge in [-0.25, -0.2) is 12.8 Å². The molecule has 0 aliphatic heterocycles. The van der Waals surface area contributed by atoms with E-state index in [0.29, 0.717) is 38.9 Å². The molecule has 1 N–H and O–H groups in total. The van der Waals surface area contributed by atoms with Crippen LogP contribution in [0.2, 0.25) is 0 Å². The van der Waals surface area contributed by atoms with E-state index in [9.17, 15) is 17.6 Å². The number of hydrogen-bond acceptors (Lipinski definition) is 3. The first kappa shape index (κ1) is 22.0. The molecule has 0 radical (unpaired) electrons. The SMILES string of the molecule is CCN(CC)S(=O)(=O)c1ccc(CCC(=O)NCCc2ccc(F)cc2)cc1. The van der Waals surface area contributed by atoms with E-state index < -0.39 is 10.0 Å². The number of benzene rings is 2. The van der Waals surface area contributed by atoms with Crippen molar-refractivity contribution in [3.05, 3.63) is 65.5 Å². The van der Waals surface area contributed by atoms with Gasteiger partial charge in [0.1, 0.15) is 5.82 Å². The van der Waals surface area contributed by atoms with Crippen LogP contribution in [-0.4, -0.2) is 38.3 Å². The van der Waals surface area contributed by atoms with Gasteiger partial charge in [0.25, 0.3) is 0 Å².